The van der Waals surface area contributed by atoms with Crippen molar-refractivity contribution in [2.45, 2.75) is 45.1 Å². The number of urea groups is 1. The Morgan fingerprint density at radius 2 is 1.42 bits per heavy atom. The summed E-state index contributed by atoms with van der Waals surface area (Å²) < 4.78 is 26.5. The summed E-state index contributed by atoms with van der Waals surface area (Å²) in [7, 11) is 0. The van der Waals surface area contributed by atoms with E-state index in [4.69, 9.17) is 0 Å². The lowest BCUT2D eigenvalue weighted by atomic mass is 9.95. The van der Waals surface area contributed by atoms with Crippen LogP contribution in [-0.4, -0.2) is 22.0 Å². The quantitative estimate of drug-likeness (QED) is 0.358. The van der Waals surface area contributed by atoms with Crippen LogP contribution in [0.3, 0.4) is 0 Å². The summed E-state index contributed by atoms with van der Waals surface area (Å²) in [5, 5.41) is 11.8. The molecule has 33 heavy (non-hydrogen) atoms. The third kappa shape index (κ3) is 6.61. The number of halogens is 2. The number of aromatic nitrogens is 2. The van der Waals surface area contributed by atoms with Gasteiger partial charge in [-0.2, -0.15) is 0 Å². The Kier molecular flexibility index (Phi) is 6.97. The average molecular weight is 453 g/mol. The van der Waals surface area contributed by atoms with Gasteiger partial charge in [0.1, 0.15) is 29.1 Å². The van der Waals surface area contributed by atoms with Gasteiger partial charge in [0.25, 0.3) is 0 Å². The number of nitrogens with zero attached hydrogens (tertiary/aromatic N) is 2. The standard InChI is InChI=1S/C24H26F2N6O/c1-15-27-22(29-18-5-3-2-4-6-18)14-23(28-15)30-19-7-9-20(10-8-19)31-24(33)32-21-12-16(25)11-17(26)13-21/h7-14,18H,2-6H2,1H3,(H2,31,32,33)(H2,27,28,29,30). The van der Waals surface area contributed by atoms with Crippen molar-refractivity contribution in [2.75, 3.05) is 21.3 Å². The molecule has 4 N–H and O–H groups in total. The summed E-state index contributed by atoms with van der Waals surface area (Å²) in [4.78, 5) is 21.1. The fourth-order valence-electron chi connectivity index (χ4n) is 3.87. The number of amides is 2. The van der Waals surface area contributed by atoms with Crippen LogP contribution in [0.15, 0.2) is 48.5 Å². The molecule has 3 aromatic rings. The van der Waals surface area contributed by atoms with Gasteiger partial charge in [-0.3, -0.25) is 0 Å². The van der Waals surface area contributed by atoms with Gasteiger partial charge < -0.3 is 21.3 Å². The molecule has 2 aromatic carbocycles. The van der Waals surface area contributed by atoms with Crippen LogP contribution in [-0.2, 0) is 0 Å². The number of hydrogen-bond acceptors (Lipinski definition) is 5. The van der Waals surface area contributed by atoms with E-state index in [1.54, 1.807) is 24.3 Å². The van der Waals surface area contributed by atoms with Crippen molar-refractivity contribution < 1.29 is 13.6 Å². The van der Waals surface area contributed by atoms with Crippen molar-refractivity contribution in [3.05, 3.63) is 66.0 Å². The second kappa shape index (κ2) is 10.2. The fraction of sp³-hybridized carbons (Fsp3) is 0.292. The number of hydrogen-bond donors (Lipinski definition) is 4. The van der Waals surface area contributed by atoms with Gasteiger partial charge in [-0.15, -0.1) is 0 Å². The minimum atomic E-state index is -0.766. The smallest absolute Gasteiger partial charge is 0.323 e. The predicted octanol–water partition coefficient (Wildman–Crippen LogP) is 6.20. The number of benzene rings is 2. The second-order valence-corrected chi connectivity index (χ2v) is 8.10. The van der Waals surface area contributed by atoms with Crippen molar-refractivity contribution in [1.29, 1.82) is 0 Å². The molecule has 0 atom stereocenters. The van der Waals surface area contributed by atoms with E-state index in [-0.39, 0.29) is 5.69 Å². The van der Waals surface area contributed by atoms with Crippen LogP contribution in [0.4, 0.5) is 42.3 Å². The maximum Gasteiger partial charge on any atom is 0.323 e. The van der Waals surface area contributed by atoms with Crippen molar-refractivity contribution >= 4 is 34.7 Å². The summed E-state index contributed by atoms with van der Waals surface area (Å²) >= 11 is 0. The Balaban J connectivity index is 1.35. The van der Waals surface area contributed by atoms with E-state index in [1.807, 2.05) is 13.0 Å². The van der Waals surface area contributed by atoms with E-state index >= 15 is 0 Å². The summed E-state index contributed by atoms with van der Waals surface area (Å²) in [6, 6.07) is 11.6. The Bertz CT molecular complexity index is 1100. The van der Waals surface area contributed by atoms with Crippen LogP contribution in [0.1, 0.15) is 37.9 Å². The number of rotatable bonds is 6. The Morgan fingerprint density at radius 3 is 2.12 bits per heavy atom. The molecule has 0 spiro atoms. The van der Waals surface area contributed by atoms with E-state index < -0.39 is 17.7 Å². The van der Waals surface area contributed by atoms with Crippen LogP contribution < -0.4 is 21.3 Å². The van der Waals surface area contributed by atoms with Crippen LogP contribution in [0.5, 0.6) is 0 Å². The summed E-state index contributed by atoms with van der Waals surface area (Å²) in [6.07, 6.45) is 6.09. The lowest BCUT2D eigenvalue weighted by molar-refractivity contribution is 0.262. The van der Waals surface area contributed by atoms with Crippen molar-refractivity contribution in [3.63, 3.8) is 0 Å². The Hall–Kier alpha value is -3.75. The Labute approximate surface area is 191 Å². The average Bonchev–Trinajstić information content (AvgIpc) is 2.74. The van der Waals surface area contributed by atoms with Crippen LogP contribution >= 0.6 is 0 Å². The first kappa shape index (κ1) is 22.4. The van der Waals surface area contributed by atoms with Gasteiger partial charge in [-0.25, -0.2) is 23.5 Å². The van der Waals surface area contributed by atoms with Gasteiger partial charge in [0.15, 0.2) is 0 Å². The first-order valence-corrected chi connectivity index (χ1v) is 11.0. The zero-order valence-electron chi connectivity index (χ0n) is 18.3. The van der Waals surface area contributed by atoms with E-state index in [0.717, 1.165) is 42.5 Å². The van der Waals surface area contributed by atoms with Crippen LogP contribution in [0.25, 0.3) is 0 Å². The van der Waals surface area contributed by atoms with Gasteiger partial charge in [0, 0.05) is 35.2 Å². The molecule has 1 aliphatic carbocycles. The SMILES string of the molecule is Cc1nc(Nc2ccc(NC(=O)Nc3cc(F)cc(F)c3)cc2)cc(NC2CCCCC2)n1. The van der Waals surface area contributed by atoms with Gasteiger partial charge in [0.2, 0.25) is 0 Å². The molecule has 2 amide bonds. The minimum Gasteiger partial charge on any atom is -0.367 e. The Morgan fingerprint density at radius 1 is 0.818 bits per heavy atom. The van der Waals surface area contributed by atoms with Gasteiger partial charge in [-0.05, 0) is 56.2 Å². The van der Waals surface area contributed by atoms with Crippen molar-refractivity contribution in [1.82, 2.24) is 9.97 Å². The molecule has 1 aromatic heterocycles. The van der Waals surface area contributed by atoms with Crippen LogP contribution in [0, 0.1) is 18.6 Å². The molecule has 0 bridgehead atoms. The normalized spacial score (nSPS) is 13.9. The number of anilines is 5. The van der Waals surface area contributed by atoms with Crippen molar-refractivity contribution in [2.24, 2.45) is 0 Å². The van der Waals surface area contributed by atoms with Crippen LogP contribution in [0.2, 0.25) is 0 Å². The number of nitrogens with one attached hydrogen (secondary N) is 4. The number of carbonyl (C=O) groups is 1. The zero-order chi connectivity index (χ0) is 23.2. The lowest BCUT2D eigenvalue weighted by Gasteiger charge is -2.23. The molecule has 0 saturated heterocycles. The highest BCUT2D eigenvalue weighted by Crippen LogP contribution is 2.24. The third-order valence-electron chi connectivity index (χ3n) is 5.33. The van der Waals surface area contributed by atoms with E-state index in [0.29, 0.717) is 23.4 Å². The number of aryl methyl sites for hydroxylation is 1. The molecule has 0 aliphatic heterocycles. The molecule has 1 saturated carbocycles. The number of carbonyl (C=O) groups excluding carboxylic acids is 1. The molecule has 1 heterocycles. The summed E-state index contributed by atoms with van der Waals surface area (Å²) in [5.41, 5.74) is 1.34. The summed E-state index contributed by atoms with van der Waals surface area (Å²) in [6.45, 7) is 1.85. The molecule has 0 radical (unpaired) electrons. The van der Waals surface area contributed by atoms with E-state index in [9.17, 15) is 13.6 Å². The van der Waals surface area contributed by atoms with Gasteiger partial charge >= 0.3 is 6.03 Å². The van der Waals surface area contributed by atoms with Crippen molar-refractivity contribution in [3.8, 4) is 0 Å². The first-order chi connectivity index (χ1) is 15.9. The zero-order valence-corrected chi connectivity index (χ0v) is 18.3. The topological polar surface area (TPSA) is 91.0 Å². The monoisotopic (exact) mass is 452 g/mol. The lowest BCUT2D eigenvalue weighted by Crippen LogP contribution is -2.23. The highest BCUT2D eigenvalue weighted by Gasteiger charge is 2.14. The van der Waals surface area contributed by atoms with E-state index in [1.165, 1.54) is 19.3 Å². The van der Waals surface area contributed by atoms with Gasteiger partial charge in [0.05, 0.1) is 0 Å². The maximum absolute atomic E-state index is 13.3. The maximum atomic E-state index is 13.3. The molecular formula is C24H26F2N6O. The highest BCUT2D eigenvalue weighted by molar-refractivity contribution is 5.99. The molecular weight excluding hydrogens is 426 g/mol. The minimum absolute atomic E-state index is 0.0278. The second-order valence-electron chi connectivity index (χ2n) is 8.10. The molecule has 172 valence electrons. The molecule has 4 rings (SSSR count). The summed E-state index contributed by atoms with van der Waals surface area (Å²) in [5.74, 6) is 0.616. The highest BCUT2D eigenvalue weighted by atomic mass is 19.1. The molecule has 1 aliphatic rings. The van der Waals surface area contributed by atoms with E-state index in [2.05, 4.69) is 31.2 Å². The molecule has 9 heteroatoms. The third-order valence-corrected chi connectivity index (χ3v) is 5.33. The molecule has 7 nitrogen and oxygen atoms in total. The largest absolute Gasteiger partial charge is 0.367 e. The molecule has 1 fully saturated rings. The first-order valence-electron chi connectivity index (χ1n) is 11.0. The van der Waals surface area contributed by atoms with Gasteiger partial charge in [-0.1, -0.05) is 19.3 Å². The molecule has 0 unspecified atom stereocenters. The predicted molar refractivity (Wildman–Crippen MR) is 126 cm³/mol. The fourth-order valence-corrected chi connectivity index (χ4v) is 3.87.